The highest BCUT2D eigenvalue weighted by Crippen LogP contribution is 2.65. The summed E-state index contributed by atoms with van der Waals surface area (Å²) in [4.78, 5) is 16.7. The Bertz CT molecular complexity index is 1060. The maximum absolute atomic E-state index is 12.9. The average Bonchev–Trinajstić information content (AvgIpc) is 3.30. The molecule has 0 radical (unpaired) electrons. The number of ether oxygens (including phenoxy) is 1. The van der Waals surface area contributed by atoms with Gasteiger partial charge in [0.2, 0.25) is 5.91 Å². The van der Waals surface area contributed by atoms with Crippen molar-refractivity contribution in [1.82, 2.24) is 24.6 Å². The van der Waals surface area contributed by atoms with Crippen LogP contribution in [0.5, 0.6) is 0 Å². The number of carbonyl (C=O) groups is 1. The number of nitrogens with one attached hydrogen (secondary N) is 1. The monoisotopic (exact) mass is 429 g/mol. The smallest absolute Gasteiger partial charge is 0.246 e. The number of amides is 1. The molecule has 0 aliphatic heterocycles. The summed E-state index contributed by atoms with van der Waals surface area (Å²) < 4.78 is 21.9. The first-order chi connectivity index (χ1) is 14.5. The molecule has 0 unspecified atom stereocenters. The lowest BCUT2D eigenvalue weighted by Gasteiger charge is -2.70. The summed E-state index contributed by atoms with van der Waals surface area (Å²) in [5.41, 5.74) is 1.87. The van der Waals surface area contributed by atoms with Crippen molar-refractivity contribution in [1.29, 1.82) is 0 Å². The normalized spacial score (nSPS) is 24.2. The first kappa shape index (κ1) is 19.3. The lowest BCUT2D eigenvalue weighted by atomic mass is 9.44. The first-order valence-electron chi connectivity index (χ1n) is 9.83. The van der Waals surface area contributed by atoms with Crippen LogP contribution in [0.25, 0.3) is 11.3 Å². The van der Waals surface area contributed by atoms with Crippen molar-refractivity contribution >= 4 is 17.5 Å². The van der Waals surface area contributed by atoms with Crippen LogP contribution in [-0.2, 0) is 21.6 Å². The Hall–Kier alpha value is -2.71. The molecule has 3 aliphatic carbocycles. The van der Waals surface area contributed by atoms with Gasteiger partial charge in [0, 0.05) is 22.3 Å². The third-order valence-corrected chi connectivity index (χ3v) is 6.23. The summed E-state index contributed by atoms with van der Waals surface area (Å²) in [6, 6.07) is 7.64. The molecular formula is C21H21ClFN5O2. The minimum Gasteiger partial charge on any atom is -0.370 e. The van der Waals surface area contributed by atoms with Crippen molar-refractivity contribution in [2.24, 2.45) is 0 Å². The zero-order valence-corrected chi connectivity index (χ0v) is 17.0. The number of imidazole rings is 1. The van der Waals surface area contributed by atoms with Crippen molar-refractivity contribution in [2.75, 3.05) is 13.2 Å². The van der Waals surface area contributed by atoms with Gasteiger partial charge in [0.25, 0.3) is 0 Å². The molecular weight excluding hydrogens is 409 g/mol. The zero-order chi connectivity index (χ0) is 20.8. The van der Waals surface area contributed by atoms with E-state index in [1.807, 2.05) is 30.6 Å². The van der Waals surface area contributed by atoms with Gasteiger partial charge in [0.15, 0.2) is 5.82 Å². The quantitative estimate of drug-likeness (QED) is 0.559. The topological polar surface area (TPSA) is 74.0 Å². The molecule has 3 fully saturated rings. The molecule has 2 bridgehead atoms. The van der Waals surface area contributed by atoms with Crippen LogP contribution in [0.3, 0.4) is 0 Å². The van der Waals surface area contributed by atoms with Gasteiger partial charge in [-0.05, 0) is 31.4 Å². The van der Waals surface area contributed by atoms with Gasteiger partial charge in [-0.15, -0.1) is 0 Å². The second kappa shape index (κ2) is 7.21. The largest absolute Gasteiger partial charge is 0.370 e. The highest BCUT2D eigenvalue weighted by molar-refractivity contribution is 6.30. The average molecular weight is 430 g/mol. The Morgan fingerprint density at radius 1 is 1.23 bits per heavy atom. The van der Waals surface area contributed by atoms with Crippen molar-refractivity contribution in [3.8, 4) is 11.3 Å². The van der Waals surface area contributed by atoms with Crippen molar-refractivity contribution in [3.63, 3.8) is 0 Å². The van der Waals surface area contributed by atoms with Crippen LogP contribution in [0, 0.1) is 5.82 Å². The molecule has 6 rings (SSSR count). The predicted octanol–water partition coefficient (Wildman–Crippen LogP) is 3.00. The molecule has 0 saturated heterocycles. The Morgan fingerprint density at radius 3 is 2.70 bits per heavy atom. The summed E-state index contributed by atoms with van der Waals surface area (Å²) in [7, 11) is 0. The molecule has 0 atom stereocenters. The standard InChI is InChI=1S/C21H21ClFN5O2/c22-16-3-1-15(2-4-16)18-9-27(14-24-18)21-11-20(12-21,13-21)26-19(29)10-30-6-5-28-8-17(23)7-25-28/h1-4,7-9,14H,5-6,10-13H2,(H,26,29). The van der Waals surface area contributed by atoms with Gasteiger partial charge < -0.3 is 14.6 Å². The molecule has 0 spiro atoms. The second-order valence-corrected chi connectivity index (χ2v) is 8.67. The molecule has 3 saturated carbocycles. The Balaban J connectivity index is 1.09. The van der Waals surface area contributed by atoms with Crippen LogP contribution in [0.15, 0.2) is 49.2 Å². The van der Waals surface area contributed by atoms with Gasteiger partial charge in [0.1, 0.15) is 6.61 Å². The van der Waals surface area contributed by atoms with Crippen LogP contribution >= 0.6 is 11.6 Å². The number of hydrogen-bond donors (Lipinski definition) is 1. The number of rotatable bonds is 8. The fraction of sp³-hybridized carbons (Fsp3) is 0.381. The highest BCUT2D eigenvalue weighted by atomic mass is 35.5. The molecule has 1 N–H and O–H groups in total. The molecule has 156 valence electrons. The van der Waals surface area contributed by atoms with E-state index in [-0.39, 0.29) is 29.4 Å². The fourth-order valence-corrected chi connectivity index (χ4v) is 4.73. The van der Waals surface area contributed by atoms with Gasteiger partial charge in [-0.3, -0.25) is 9.48 Å². The molecule has 9 heteroatoms. The summed E-state index contributed by atoms with van der Waals surface area (Å²) >= 11 is 5.95. The van der Waals surface area contributed by atoms with E-state index in [1.54, 1.807) is 0 Å². The number of nitrogens with zero attached hydrogens (tertiary/aromatic N) is 4. The number of benzene rings is 1. The molecule has 3 aromatic rings. The van der Waals surface area contributed by atoms with Crippen LogP contribution in [0.1, 0.15) is 19.3 Å². The fourth-order valence-electron chi connectivity index (χ4n) is 4.61. The van der Waals surface area contributed by atoms with Crippen molar-refractivity contribution < 1.29 is 13.9 Å². The van der Waals surface area contributed by atoms with E-state index in [2.05, 4.69) is 26.2 Å². The van der Waals surface area contributed by atoms with E-state index in [0.29, 0.717) is 18.2 Å². The third kappa shape index (κ3) is 3.50. The van der Waals surface area contributed by atoms with E-state index in [4.69, 9.17) is 16.3 Å². The third-order valence-electron chi connectivity index (χ3n) is 5.98. The SMILES string of the molecule is O=C(COCCn1cc(F)cn1)NC12CC(n3cnc(-c4ccc(Cl)cc4)c3)(C1)C2. The maximum Gasteiger partial charge on any atom is 0.246 e. The van der Waals surface area contributed by atoms with E-state index in [9.17, 15) is 9.18 Å². The van der Waals surface area contributed by atoms with Crippen LogP contribution in [-0.4, -0.2) is 44.0 Å². The van der Waals surface area contributed by atoms with Gasteiger partial charge in [-0.1, -0.05) is 23.7 Å². The minimum atomic E-state index is -0.386. The van der Waals surface area contributed by atoms with E-state index >= 15 is 0 Å². The van der Waals surface area contributed by atoms with E-state index in [1.165, 1.54) is 10.9 Å². The Labute approximate surface area is 177 Å². The first-order valence-corrected chi connectivity index (χ1v) is 10.2. The second-order valence-electron chi connectivity index (χ2n) is 8.23. The van der Waals surface area contributed by atoms with E-state index < -0.39 is 0 Å². The summed E-state index contributed by atoms with van der Waals surface area (Å²) in [6.07, 6.45) is 9.06. The molecule has 1 amide bonds. The lowest BCUT2D eigenvalue weighted by molar-refractivity contribution is -0.158. The molecule has 3 aliphatic rings. The Kier molecular flexibility index (Phi) is 4.63. The van der Waals surface area contributed by atoms with Gasteiger partial charge >= 0.3 is 0 Å². The van der Waals surface area contributed by atoms with Crippen molar-refractivity contribution in [3.05, 3.63) is 60.0 Å². The van der Waals surface area contributed by atoms with Crippen LogP contribution < -0.4 is 5.32 Å². The van der Waals surface area contributed by atoms with E-state index in [0.717, 1.165) is 36.7 Å². The molecule has 30 heavy (non-hydrogen) atoms. The molecule has 7 nitrogen and oxygen atoms in total. The minimum absolute atomic E-state index is 0.00963. The van der Waals surface area contributed by atoms with Crippen LogP contribution in [0.2, 0.25) is 5.02 Å². The van der Waals surface area contributed by atoms with Crippen molar-refractivity contribution in [2.45, 2.75) is 36.9 Å². The highest BCUT2D eigenvalue weighted by Gasteiger charge is 2.69. The Morgan fingerprint density at radius 2 is 2.00 bits per heavy atom. The lowest BCUT2D eigenvalue weighted by Crippen LogP contribution is -2.78. The molecule has 2 aromatic heterocycles. The van der Waals surface area contributed by atoms with Crippen LogP contribution in [0.4, 0.5) is 4.39 Å². The van der Waals surface area contributed by atoms with Gasteiger partial charge in [-0.2, -0.15) is 5.10 Å². The zero-order valence-electron chi connectivity index (χ0n) is 16.2. The van der Waals surface area contributed by atoms with Gasteiger partial charge in [-0.25, -0.2) is 9.37 Å². The maximum atomic E-state index is 12.9. The molecule has 1 aromatic carbocycles. The summed E-state index contributed by atoms with van der Waals surface area (Å²) in [5.74, 6) is -0.508. The number of aromatic nitrogens is 4. The number of hydrogen-bond acceptors (Lipinski definition) is 4. The molecule has 2 heterocycles. The number of carbonyl (C=O) groups excluding carboxylic acids is 1. The summed E-state index contributed by atoms with van der Waals surface area (Å²) in [5, 5.41) is 7.64. The number of halogens is 2. The van der Waals surface area contributed by atoms with Gasteiger partial charge in [0.05, 0.1) is 43.1 Å². The predicted molar refractivity (Wildman–Crippen MR) is 108 cm³/mol. The summed E-state index contributed by atoms with van der Waals surface area (Å²) in [6.45, 7) is 0.695.